The molecule has 1 aromatic carbocycles. The molecule has 0 saturated heterocycles. The molecule has 0 aliphatic heterocycles. The lowest BCUT2D eigenvalue weighted by Gasteiger charge is -2.24. The molecule has 3 rings (SSSR count). The van der Waals surface area contributed by atoms with Crippen molar-refractivity contribution in [2.24, 2.45) is 0 Å². The topological polar surface area (TPSA) is 22.1 Å². The van der Waals surface area contributed by atoms with Gasteiger partial charge in [0.05, 0.1) is 7.11 Å². The average molecular weight is 358 g/mol. The van der Waals surface area contributed by atoms with Crippen LogP contribution >= 0.6 is 15.9 Å². The first-order valence-electron chi connectivity index (χ1n) is 7.71. The molecule has 1 heterocycles. The van der Waals surface area contributed by atoms with E-state index >= 15 is 0 Å². The largest absolute Gasteiger partial charge is 0.493 e. The second-order valence-corrected chi connectivity index (χ2v) is 6.46. The summed E-state index contributed by atoms with van der Waals surface area (Å²) in [6, 6.07) is 12.9. The molecule has 2 nitrogen and oxygen atoms in total. The van der Waals surface area contributed by atoms with Crippen LogP contribution in [0, 0.1) is 0 Å². The Morgan fingerprint density at radius 1 is 1.14 bits per heavy atom. The number of allylic oxidation sites excluding steroid dienone is 1. The molecule has 2 aromatic rings. The molecule has 0 unspecified atom stereocenters. The Labute approximate surface area is 140 Å². The smallest absolute Gasteiger partial charge is 0.158 e. The molecule has 1 aromatic heterocycles. The highest BCUT2D eigenvalue weighted by atomic mass is 79.9. The number of halogens is 1. The third-order valence-corrected chi connectivity index (χ3v) is 4.92. The lowest BCUT2D eigenvalue weighted by atomic mass is 9.81. The van der Waals surface area contributed by atoms with Crippen LogP contribution in [0.1, 0.15) is 42.7 Å². The number of methoxy groups -OCH3 is 1. The maximum Gasteiger partial charge on any atom is 0.158 e. The number of hydrogen-bond acceptors (Lipinski definition) is 2. The maximum absolute atomic E-state index is 5.45. The Morgan fingerprint density at radius 3 is 2.55 bits per heavy atom. The normalized spacial score (nSPS) is 18.1. The molecule has 1 fully saturated rings. The van der Waals surface area contributed by atoms with Gasteiger partial charge in [0.25, 0.3) is 0 Å². The van der Waals surface area contributed by atoms with Crippen molar-refractivity contribution in [3.63, 3.8) is 0 Å². The standard InChI is InChI=1S/C19H20BrNO/c1-22-18-17(11-12-21-19(18)20)13-14-7-9-16(10-8-14)15-5-3-2-4-6-15/h2-6,11-13,16H,7-10H2,1H3. The Kier molecular flexibility index (Phi) is 4.94. The molecule has 3 heteroatoms. The van der Waals surface area contributed by atoms with Crippen molar-refractivity contribution in [2.75, 3.05) is 7.11 Å². The first-order chi connectivity index (χ1) is 10.8. The summed E-state index contributed by atoms with van der Waals surface area (Å²) in [4.78, 5) is 4.22. The van der Waals surface area contributed by atoms with E-state index in [0.717, 1.165) is 28.8 Å². The van der Waals surface area contributed by atoms with Crippen LogP contribution in [-0.2, 0) is 0 Å². The van der Waals surface area contributed by atoms with E-state index in [2.05, 4.69) is 57.3 Å². The highest BCUT2D eigenvalue weighted by Crippen LogP contribution is 2.37. The quantitative estimate of drug-likeness (QED) is 0.667. The maximum atomic E-state index is 5.45. The van der Waals surface area contributed by atoms with Crippen LogP contribution < -0.4 is 4.74 Å². The van der Waals surface area contributed by atoms with Gasteiger partial charge in [0.1, 0.15) is 4.60 Å². The van der Waals surface area contributed by atoms with Crippen LogP contribution in [0.4, 0.5) is 0 Å². The zero-order valence-electron chi connectivity index (χ0n) is 12.8. The predicted molar refractivity (Wildman–Crippen MR) is 94.1 cm³/mol. The van der Waals surface area contributed by atoms with Gasteiger partial charge < -0.3 is 4.74 Å². The molecule has 1 saturated carbocycles. The fraction of sp³-hybridized carbons (Fsp3) is 0.316. The first-order valence-corrected chi connectivity index (χ1v) is 8.50. The molecule has 0 N–H and O–H groups in total. The van der Waals surface area contributed by atoms with Gasteiger partial charge in [-0.05, 0) is 59.2 Å². The number of nitrogens with zero attached hydrogens (tertiary/aromatic N) is 1. The van der Waals surface area contributed by atoms with E-state index < -0.39 is 0 Å². The summed E-state index contributed by atoms with van der Waals surface area (Å²) < 4.78 is 6.22. The van der Waals surface area contributed by atoms with Gasteiger partial charge in [0, 0.05) is 11.8 Å². The summed E-state index contributed by atoms with van der Waals surface area (Å²) >= 11 is 3.45. The molecular formula is C19H20BrNO. The summed E-state index contributed by atoms with van der Waals surface area (Å²) in [5, 5.41) is 0. The van der Waals surface area contributed by atoms with Crippen LogP contribution in [0.3, 0.4) is 0 Å². The third kappa shape index (κ3) is 3.41. The Balaban J connectivity index is 1.73. The van der Waals surface area contributed by atoms with E-state index in [1.165, 1.54) is 24.0 Å². The second kappa shape index (κ2) is 7.10. The van der Waals surface area contributed by atoms with Crippen molar-refractivity contribution >= 4 is 22.0 Å². The van der Waals surface area contributed by atoms with E-state index in [4.69, 9.17) is 4.74 Å². The zero-order chi connectivity index (χ0) is 15.4. The number of rotatable bonds is 3. The fourth-order valence-electron chi connectivity index (χ4n) is 3.16. The summed E-state index contributed by atoms with van der Waals surface area (Å²) in [6.45, 7) is 0. The lowest BCUT2D eigenvalue weighted by molar-refractivity contribution is 0.408. The van der Waals surface area contributed by atoms with E-state index in [-0.39, 0.29) is 0 Å². The molecular weight excluding hydrogens is 338 g/mol. The number of aromatic nitrogens is 1. The van der Waals surface area contributed by atoms with Gasteiger partial charge in [-0.25, -0.2) is 4.98 Å². The summed E-state index contributed by atoms with van der Waals surface area (Å²) in [5.41, 5.74) is 4.09. The number of ether oxygens (including phenoxy) is 1. The molecule has 22 heavy (non-hydrogen) atoms. The zero-order valence-corrected chi connectivity index (χ0v) is 14.3. The molecule has 0 bridgehead atoms. The molecule has 0 radical (unpaired) electrons. The van der Waals surface area contributed by atoms with Crippen molar-refractivity contribution in [1.29, 1.82) is 0 Å². The third-order valence-electron chi connectivity index (χ3n) is 4.35. The van der Waals surface area contributed by atoms with Gasteiger partial charge >= 0.3 is 0 Å². The van der Waals surface area contributed by atoms with Crippen LogP contribution in [0.5, 0.6) is 5.75 Å². The van der Waals surface area contributed by atoms with Crippen molar-refractivity contribution in [2.45, 2.75) is 31.6 Å². The summed E-state index contributed by atoms with van der Waals surface area (Å²) in [7, 11) is 1.69. The van der Waals surface area contributed by atoms with Gasteiger partial charge in [-0.15, -0.1) is 0 Å². The van der Waals surface area contributed by atoms with E-state index in [1.807, 2.05) is 12.3 Å². The predicted octanol–water partition coefficient (Wildman–Crippen LogP) is 5.59. The Morgan fingerprint density at radius 2 is 1.86 bits per heavy atom. The second-order valence-electron chi connectivity index (χ2n) is 5.71. The molecule has 0 amide bonds. The Bertz CT molecular complexity index is 656. The van der Waals surface area contributed by atoms with Crippen LogP contribution in [0.2, 0.25) is 0 Å². The number of benzene rings is 1. The Hall–Kier alpha value is -1.61. The summed E-state index contributed by atoms with van der Waals surface area (Å²) in [5.74, 6) is 1.52. The highest BCUT2D eigenvalue weighted by molar-refractivity contribution is 9.10. The van der Waals surface area contributed by atoms with Crippen molar-refractivity contribution in [1.82, 2.24) is 4.98 Å². The van der Waals surface area contributed by atoms with Gasteiger partial charge in [-0.1, -0.05) is 42.0 Å². The van der Waals surface area contributed by atoms with Gasteiger partial charge in [0.2, 0.25) is 0 Å². The molecule has 0 spiro atoms. The molecule has 1 aliphatic rings. The van der Waals surface area contributed by atoms with Gasteiger partial charge in [0.15, 0.2) is 5.75 Å². The molecule has 0 atom stereocenters. The summed E-state index contributed by atoms with van der Waals surface area (Å²) in [6.07, 6.45) is 8.85. The van der Waals surface area contributed by atoms with Crippen LogP contribution in [0.15, 0.2) is 52.8 Å². The van der Waals surface area contributed by atoms with Gasteiger partial charge in [-0.3, -0.25) is 0 Å². The van der Waals surface area contributed by atoms with Gasteiger partial charge in [-0.2, -0.15) is 0 Å². The monoisotopic (exact) mass is 357 g/mol. The van der Waals surface area contributed by atoms with E-state index in [0.29, 0.717) is 5.92 Å². The van der Waals surface area contributed by atoms with Crippen molar-refractivity contribution < 1.29 is 4.74 Å². The number of pyridine rings is 1. The minimum atomic E-state index is 0.699. The fourth-order valence-corrected chi connectivity index (χ4v) is 3.67. The molecule has 114 valence electrons. The molecule has 1 aliphatic carbocycles. The van der Waals surface area contributed by atoms with Crippen LogP contribution in [0.25, 0.3) is 6.08 Å². The lowest BCUT2D eigenvalue weighted by Crippen LogP contribution is -2.06. The number of hydrogen-bond donors (Lipinski definition) is 0. The van der Waals surface area contributed by atoms with Crippen molar-refractivity contribution in [3.05, 3.63) is 63.9 Å². The van der Waals surface area contributed by atoms with E-state index in [1.54, 1.807) is 7.11 Å². The van der Waals surface area contributed by atoms with E-state index in [9.17, 15) is 0 Å². The minimum absolute atomic E-state index is 0.699. The average Bonchev–Trinajstić information content (AvgIpc) is 2.57. The van der Waals surface area contributed by atoms with Crippen LogP contribution in [-0.4, -0.2) is 12.1 Å². The SMILES string of the molecule is COc1c(C=C2CCC(c3ccccc3)CC2)ccnc1Br. The highest BCUT2D eigenvalue weighted by Gasteiger charge is 2.18. The first kappa shape index (κ1) is 15.3. The van der Waals surface area contributed by atoms with Crippen molar-refractivity contribution in [3.8, 4) is 5.75 Å². The minimum Gasteiger partial charge on any atom is -0.493 e.